The van der Waals surface area contributed by atoms with Crippen molar-refractivity contribution in [1.82, 2.24) is 9.88 Å². The summed E-state index contributed by atoms with van der Waals surface area (Å²) in [5.74, 6) is 0. The Bertz CT molecular complexity index is 639. The van der Waals surface area contributed by atoms with Gasteiger partial charge in [0.25, 0.3) is 10.9 Å². The van der Waals surface area contributed by atoms with Gasteiger partial charge in [0.05, 0.1) is 28.4 Å². The second-order valence-corrected chi connectivity index (χ2v) is 5.68. The number of hydrogen-bond acceptors (Lipinski definition) is 7. The van der Waals surface area contributed by atoms with Crippen LogP contribution in [0.1, 0.15) is 0 Å². The third-order valence-electron chi connectivity index (χ3n) is 3.30. The molecule has 21 heavy (non-hydrogen) atoms. The molecule has 1 fully saturated rings. The number of nitro groups is 1. The highest BCUT2D eigenvalue weighted by Gasteiger charge is 2.12. The summed E-state index contributed by atoms with van der Waals surface area (Å²) in [6.45, 7) is 4.78. The molecule has 1 aromatic heterocycles. The van der Waals surface area contributed by atoms with Crippen LogP contribution < -0.4 is 4.74 Å². The van der Waals surface area contributed by atoms with E-state index in [4.69, 9.17) is 9.47 Å². The summed E-state index contributed by atoms with van der Waals surface area (Å²) in [7, 11) is 0. The van der Waals surface area contributed by atoms with Crippen LogP contribution in [0.3, 0.4) is 0 Å². The lowest BCUT2D eigenvalue weighted by molar-refractivity contribution is -0.384. The van der Waals surface area contributed by atoms with E-state index in [0.29, 0.717) is 17.3 Å². The van der Waals surface area contributed by atoms with Crippen molar-refractivity contribution in [2.75, 3.05) is 39.5 Å². The Morgan fingerprint density at radius 3 is 3.00 bits per heavy atom. The van der Waals surface area contributed by atoms with E-state index in [9.17, 15) is 10.1 Å². The van der Waals surface area contributed by atoms with E-state index < -0.39 is 4.92 Å². The van der Waals surface area contributed by atoms with Crippen LogP contribution in [0.5, 0.6) is 5.19 Å². The minimum absolute atomic E-state index is 0.0488. The summed E-state index contributed by atoms with van der Waals surface area (Å²) in [6, 6.07) is 4.67. The fourth-order valence-electron chi connectivity index (χ4n) is 2.16. The number of fused-ring (bicyclic) bond motifs is 1. The lowest BCUT2D eigenvalue weighted by atomic mass is 10.3. The zero-order chi connectivity index (χ0) is 14.7. The number of morpholine rings is 1. The second-order valence-electron chi connectivity index (χ2n) is 4.69. The molecule has 3 rings (SSSR count). The summed E-state index contributed by atoms with van der Waals surface area (Å²) in [5.41, 5.74) is 0.656. The van der Waals surface area contributed by atoms with Gasteiger partial charge in [-0.1, -0.05) is 11.3 Å². The van der Waals surface area contributed by atoms with Gasteiger partial charge in [-0.15, -0.1) is 0 Å². The van der Waals surface area contributed by atoms with Gasteiger partial charge in [-0.2, -0.15) is 0 Å². The molecule has 0 saturated carbocycles. The summed E-state index contributed by atoms with van der Waals surface area (Å²) in [4.78, 5) is 16.9. The first-order chi connectivity index (χ1) is 10.2. The number of rotatable bonds is 5. The normalized spacial score (nSPS) is 16.2. The molecule has 0 N–H and O–H groups in total. The Labute approximate surface area is 125 Å². The monoisotopic (exact) mass is 309 g/mol. The van der Waals surface area contributed by atoms with Gasteiger partial charge >= 0.3 is 0 Å². The van der Waals surface area contributed by atoms with Crippen LogP contribution in [0.2, 0.25) is 0 Å². The van der Waals surface area contributed by atoms with Crippen LogP contribution in [0.4, 0.5) is 5.69 Å². The highest BCUT2D eigenvalue weighted by Crippen LogP contribution is 2.30. The largest absolute Gasteiger partial charge is 0.469 e. The predicted octanol–water partition coefficient (Wildman–Crippen LogP) is 1.92. The van der Waals surface area contributed by atoms with Gasteiger partial charge in [-0.05, 0) is 6.07 Å². The van der Waals surface area contributed by atoms with Crippen molar-refractivity contribution in [3.8, 4) is 5.19 Å². The minimum atomic E-state index is -0.419. The van der Waals surface area contributed by atoms with Crippen molar-refractivity contribution in [3.05, 3.63) is 28.3 Å². The lowest BCUT2D eigenvalue weighted by Gasteiger charge is -2.26. The smallest absolute Gasteiger partial charge is 0.274 e. The van der Waals surface area contributed by atoms with Crippen molar-refractivity contribution >= 4 is 27.2 Å². The molecule has 1 aliphatic heterocycles. The summed E-state index contributed by atoms with van der Waals surface area (Å²) in [6.07, 6.45) is 0. The molecule has 1 aliphatic rings. The van der Waals surface area contributed by atoms with E-state index >= 15 is 0 Å². The molecule has 0 atom stereocenters. The Morgan fingerprint density at radius 1 is 1.43 bits per heavy atom. The molecule has 0 radical (unpaired) electrons. The van der Waals surface area contributed by atoms with E-state index in [1.54, 1.807) is 6.07 Å². The molecule has 0 unspecified atom stereocenters. The van der Waals surface area contributed by atoms with Crippen molar-refractivity contribution in [2.45, 2.75) is 0 Å². The standard InChI is InChI=1S/C13H15N3O4S/c17-16(18)10-1-2-12-11(9-10)14-13(21-12)20-8-5-15-3-6-19-7-4-15/h1-2,9H,3-8H2. The fraction of sp³-hybridized carbons (Fsp3) is 0.462. The summed E-state index contributed by atoms with van der Waals surface area (Å²) in [5, 5.41) is 11.3. The van der Waals surface area contributed by atoms with Crippen LogP contribution in [0, 0.1) is 10.1 Å². The number of benzene rings is 1. The molecule has 2 heterocycles. The quantitative estimate of drug-likeness (QED) is 0.620. The average molecular weight is 309 g/mol. The maximum Gasteiger partial charge on any atom is 0.274 e. The zero-order valence-electron chi connectivity index (χ0n) is 11.4. The van der Waals surface area contributed by atoms with Crippen molar-refractivity contribution < 1.29 is 14.4 Å². The molecule has 1 aromatic carbocycles. The van der Waals surface area contributed by atoms with Gasteiger partial charge in [0.1, 0.15) is 6.61 Å². The van der Waals surface area contributed by atoms with Gasteiger partial charge in [0.15, 0.2) is 0 Å². The third-order valence-corrected chi connectivity index (χ3v) is 4.25. The molecular formula is C13H15N3O4S. The van der Waals surface area contributed by atoms with Crippen LogP contribution in [0.25, 0.3) is 10.2 Å². The first kappa shape index (κ1) is 14.2. The van der Waals surface area contributed by atoms with Crippen LogP contribution in [-0.4, -0.2) is 54.3 Å². The second kappa shape index (κ2) is 6.33. The Kier molecular flexibility index (Phi) is 4.28. The zero-order valence-corrected chi connectivity index (χ0v) is 12.2. The molecular weight excluding hydrogens is 294 g/mol. The molecule has 0 spiro atoms. The fourth-order valence-corrected chi connectivity index (χ4v) is 2.98. The predicted molar refractivity (Wildman–Crippen MR) is 79.0 cm³/mol. The van der Waals surface area contributed by atoms with E-state index in [2.05, 4.69) is 9.88 Å². The number of ether oxygens (including phenoxy) is 2. The third kappa shape index (κ3) is 3.46. The highest BCUT2D eigenvalue weighted by molar-refractivity contribution is 7.20. The average Bonchev–Trinajstić information content (AvgIpc) is 2.90. The first-order valence-corrected chi connectivity index (χ1v) is 7.52. The van der Waals surface area contributed by atoms with Gasteiger partial charge in [-0.3, -0.25) is 15.0 Å². The summed E-state index contributed by atoms with van der Waals surface area (Å²) >= 11 is 1.41. The molecule has 0 bridgehead atoms. The Hall–Kier alpha value is -1.77. The molecule has 112 valence electrons. The number of nitro benzene ring substituents is 1. The van der Waals surface area contributed by atoms with Crippen LogP contribution in [-0.2, 0) is 4.74 Å². The summed E-state index contributed by atoms with van der Waals surface area (Å²) < 4.78 is 11.8. The molecule has 7 nitrogen and oxygen atoms in total. The SMILES string of the molecule is O=[N+]([O-])c1ccc2sc(OCCN3CCOCC3)nc2c1. The van der Waals surface area contributed by atoms with Gasteiger partial charge in [0, 0.05) is 31.8 Å². The molecule has 1 saturated heterocycles. The van der Waals surface area contributed by atoms with Crippen molar-refractivity contribution in [1.29, 1.82) is 0 Å². The Balaban J connectivity index is 1.60. The van der Waals surface area contributed by atoms with Crippen LogP contribution >= 0.6 is 11.3 Å². The number of non-ortho nitro benzene ring substituents is 1. The van der Waals surface area contributed by atoms with Gasteiger partial charge < -0.3 is 9.47 Å². The van der Waals surface area contributed by atoms with E-state index in [1.807, 2.05) is 0 Å². The van der Waals surface area contributed by atoms with E-state index in [0.717, 1.165) is 37.5 Å². The van der Waals surface area contributed by atoms with Crippen LogP contribution in [0.15, 0.2) is 18.2 Å². The van der Waals surface area contributed by atoms with Crippen molar-refractivity contribution in [2.24, 2.45) is 0 Å². The van der Waals surface area contributed by atoms with E-state index in [-0.39, 0.29) is 5.69 Å². The highest BCUT2D eigenvalue weighted by atomic mass is 32.1. The minimum Gasteiger partial charge on any atom is -0.469 e. The van der Waals surface area contributed by atoms with E-state index in [1.165, 1.54) is 23.5 Å². The lowest BCUT2D eigenvalue weighted by Crippen LogP contribution is -2.38. The van der Waals surface area contributed by atoms with Gasteiger partial charge in [0.2, 0.25) is 0 Å². The molecule has 2 aromatic rings. The number of hydrogen-bond donors (Lipinski definition) is 0. The number of nitrogens with zero attached hydrogens (tertiary/aromatic N) is 3. The molecule has 0 aliphatic carbocycles. The maximum atomic E-state index is 10.7. The molecule has 8 heteroatoms. The topological polar surface area (TPSA) is 77.7 Å². The maximum absolute atomic E-state index is 10.7. The number of thiazole rings is 1. The van der Waals surface area contributed by atoms with Crippen molar-refractivity contribution in [3.63, 3.8) is 0 Å². The Morgan fingerprint density at radius 2 is 2.24 bits per heavy atom. The molecule has 0 amide bonds. The first-order valence-electron chi connectivity index (χ1n) is 6.70. The number of aromatic nitrogens is 1. The van der Waals surface area contributed by atoms with Gasteiger partial charge in [-0.25, -0.2) is 4.98 Å².